The fourth-order valence-electron chi connectivity index (χ4n) is 0.480. The molecule has 0 bridgehead atoms. The molecule has 0 aliphatic rings. The maximum absolute atomic E-state index is 5.01. The van der Waals surface area contributed by atoms with Gasteiger partial charge in [0.15, 0.2) is 0 Å². The van der Waals surface area contributed by atoms with E-state index in [4.69, 9.17) is 4.42 Å². The Hall–Kier alpha value is -0.860. The highest BCUT2D eigenvalue weighted by atomic mass is 16.4. The molecule has 1 heterocycles. The third kappa shape index (κ3) is 0.857. The third-order valence-electron chi connectivity index (χ3n) is 0.870. The molecule has 1 aromatic rings. The smallest absolute Gasteiger partial charge is 0.216 e. The average Bonchev–Trinajstić information content (AvgIpc) is 2.14. The average molecular weight is 112 g/mol. The minimum atomic E-state index is 0.641. The predicted octanol–water partition coefficient (Wildman–Crippen LogP) is 0.940. The highest BCUT2D eigenvalue weighted by Gasteiger charge is 1.94. The van der Waals surface area contributed by atoms with E-state index >= 15 is 0 Å². The lowest BCUT2D eigenvalue weighted by molar-refractivity contribution is 0.473. The molecule has 0 unspecified atom stereocenters. The first-order chi connectivity index (χ1) is 3.83. The summed E-state index contributed by atoms with van der Waals surface area (Å²) in [4.78, 5) is 0. The Bertz CT molecular complexity index is 171. The van der Waals surface area contributed by atoms with Gasteiger partial charge in [-0.1, -0.05) is 6.92 Å². The number of hydrogen-bond donors (Lipinski definition) is 0. The van der Waals surface area contributed by atoms with Gasteiger partial charge in [0.1, 0.15) is 0 Å². The first kappa shape index (κ1) is 5.28. The largest absolute Gasteiger partial charge is 0.426 e. The van der Waals surface area contributed by atoms with Crippen molar-refractivity contribution in [2.75, 3.05) is 0 Å². The van der Waals surface area contributed by atoms with Gasteiger partial charge in [0, 0.05) is 13.3 Å². The number of aryl methyl sites for hydroxylation is 2. The van der Waals surface area contributed by atoms with Crippen molar-refractivity contribution in [1.82, 2.24) is 10.2 Å². The van der Waals surface area contributed by atoms with Crippen molar-refractivity contribution in [2.24, 2.45) is 0 Å². The van der Waals surface area contributed by atoms with Crippen molar-refractivity contribution in [3.05, 3.63) is 11.8 Å². The van der Waals surface area contributed by atoms with Crippen LogP contribution in [0.5, 0.6) is 0 Å². The molecule has 0 aliphatic heterocycles. The van der Waals surface area contributed by atoms with Gasteiger partial charge in [-0.3, -0.25) is 0 Å². The van der Waals surface area contributed by atoms with Crippen molar-refractivity contribution >= 4 is 0 Å². The maximum Gasteiger partial charge on any atom is 0.216 e. The van der Waals surface area contributed by atoms with E-state index in [1.165, 1.54) is 0 Å². The van der Waals surface area contributed by atoms with Gasteiger partial charge in [-0.05, 0) is 0 Å². The summed E-state index contributed by atoms with van der Waals surface area (Å²) < 4.78 is 5.01. The summed E-state index contributed by atoms with van der Waals surface area (Å²) in [6, 6.07) is 0. The second-order valence-electron chi connectivity index (χ2n) is 1.57. The van der Waals surface area contributed by atoms with Crippen LogP contribution < -0.4 is 0 Å². The zero-order chi connectivity index (χ0) is 5.98. The summed E-state index contributed by atoms with van der Waals surface area (Å²) in [6.45, 7) is 3.76. The van der Waals surface area contributed by atoms with Gasteiger partial charge in [-0.15, -0.1) is 10.2 Å². The molecule has 0 atom stereocenters. The lowest BCUT2D eigenvalue weighted by atomic mass is 10.5. The molecule has 0 aromatic carbocycles. The van der Waals surface area contributed by atoms with Crippen LogP contribution in [-0.4, -0.2) is 10.2 Å². The molecule has 0 aliphatic carbocycles. The molecular formula is C5H8N2O. The van der Waals surface area contributed by atoms with Crippen LogP contribution in [0.15, 0.2) is 4.42 Å². The van der Waals surface area contributed by atoms with E-state index in [9.17, 15) is 0 Å². The summed E-state index contributed by atoms with van der Waals surface area (Å²) in [5.74, 6) is 1.35. The first-order valence-electron chi connectivity index (χ1n) is 2.62. The molecule has 0 radical (unpaired) electrons. The molecule has 1 rings (SSSR count). The van der Waals surface area contributed by atoms with Gasteiger partial charge >= 0.3 is 0 Å². The maximum atomic E-state index is 5.01. The summed E-state index contributed by atoms with van der Waals surface area (Å²) in [6.07, 6.45) is 0.820. The molecular weight excluding hydrogens is 104 g/mol. The molecule has 44 valence electrons. The summed E-state index contributed by atoms with van der Waals surface area (Å²) >= 11 is 0. The second kappa shape index (κ2) is 1.94. The van der Waals surface area contributed by atoms with Crippen molar-refractivity contribution in [3.8, 4) is 0 Å². The van der Waals surface area contributed by atoms with E-state index in [-0.39, 0.29) is 0 Å². The van der Waals surface area contributed by atoms with Crippen LogP contribution in [0.3, 0.4) is 0 Å². The fourth-order valence-corrected chi connectivity index (χ4v) is 0.480. The van der Waals surface area contributed by atoms with Crippen LogP contribution in [0.1, 0.15) is 18.7 Å². The zero-order valence-corrected chi connectivity index (χ0v) is 5.01. The number of nitrogens with zero attached hydrogens (tertiary/aromatic N) is 2. The Kier molecular flexibility index (Phi) is 1.28. The van der Waals surface area contributed by atoms with E-state index in [0.29, 0.717) is 11.8 Å². The van der Waals surface area contributed by atoms with E-state index in [1.807, 2.05) is 6.92 Å². The highest BCUT2D eigenvalue weighted by molar-refractivity contribution is 4.76. The second-order valence-corrected chi connectivity index (χ2v) is 1.57. The van der Waals surface area contributed by atoms with Gasteiger partial charge in [-0.25, -0.2) is 0 Å². The van der Waals surface area contributed by atoms with Crippen LogP contribution in [0.25, 0.3) is 0 Å². The predicted molar refractivity (Wildman–Crippen MR) is 28.4 cm³/mol. The lowest BCUT2D eigenvalue weighted by Gasteiger charge is -1.77. The molecule has 8 heavy (non-hydrogen) atoms. The monoisotopic (exact) mass is 112 g/mol. The van der Waals surface area contributed by atoms with Gasteiger partial charge in [0.05, 0.1) is 0 Å². The van der Waals surface area contributed by atoms with Crippen LogP contribution >= 0.6 is 0 Å². The Morgan fingerprint density at radius 3 is 2.50 bits per heavy atom. The number of rotatable bonds is 1. The molecule has 1 aromatic heterocycles. The standard InChI is InChI=1S/C5H8N2O/c1-3-5-7-6-4(2)8-5/h3H2,1-2H3. The van der Waals surface area contributed by atoms with Crippen LogP contribution in [0.2, 0.25) is 0 Å². The minimum Gasteiger partial charge on any atom is -0.426 e. The van der Waals surface area contributed by atoms with Gasteiger partial charge in [0.25, 0.3) is 0 Å². The summed E-state index contributed by atoms with van der Waals surface area (Å²) in [5.41, 5.74) is 0. The molecule has 3 nitrogen and oxygen atoms in total. The molecule has 0 fully saturated rings. The lowest BCUT2D eigenvalue weighted by Crippen LogP contribution is -1.76. The zero-order valence-electron chi connectivity index (χ0n) is 5.01. The summed E-state index contributed by atoms with van der Waals surface area (Å²) in [7, 11) is 0. The van der Waals surface area contributed by atoms with Gasteiger partial charge in [0.2, 0.25) is 11.8 Å². The van der Waals surface area contributed by atoms with E-state index in [1.54, 1.807) is 6.92 Å². The van der Waals surface area contributed by atoms with Crippen LogP contribution in [0, 0.1) is 6.92 Å². The molecule has 3 heteroatoms. The van der Waals surface area contributed by atoms with Crippen LogP contribution in [-0.2, 0) is 6.42 Å². The van der Waals surface area contributed by atoms with Gasteiger partial charge in [-0.2, -0.15) is 0 Å². The normalized spacial score (nSPS) is 9.75. The number of hydrogen-bond acceptors (Lipinski definition) is 3. The minimum absolute atomic E-state index is 0.641. The Labute approximate surface area is 47.7 Å². The molecule has 0 saturated heterocycles. The Balaban J connectivity index is 2.84. The Morgan fingerprint density at radius 2 is 2.25 bits per heavy atom. The molecule has 0 saturated carbocycles. The van der Waals surface area contributed by atoms with Crippen molar-refractivity contribution < 1.29 is 4.42 Å². The van der Waals surface area contributed by atoms with E-state index in [2.05, 4.69) is 10.2 Å². The summed E-state index contributed by atoms with van der Waals surface area (Å²) in [5, 5.41) is 7.39. The van der Waals surface area contributed by atoms with E-state index in [0.717, 1.165) is 6.42 Å². The Morgan fingerprint density at radius 1 is 1.50 bits per heavy atom. The molecule has 0 N–H and O–H groups in total. The van der Waals surface area contributed by atoms with Crippen molar-refractivity contribution in [1.29, 1.82) is 0 Å². The van der Waals surface area contributed by atoms with Crippen LogP contribution in [0.4, 0.5) is 0 Å². The topological polar surface area (TPSA) is 38.9 Å². The van der Waals surface area contributed by atoms with E-state index < -0.39 is 0 Å². The number of aromatic nitrogens is 2. The molecule has 0 spiro atoms. The van der Waals surface area contributed by atoms with Crippen molar-refractivity contribution in [2.45, 2.75) is 20.3 Å². The first-order valence-corrected chi connectivity index (χ1v) is 2.62. The fraction of sp³-hybridized carbons (Fsp3) is 0.600. The highest BCUT2D eigenvalue weighted by Crippen LogP contribution is 1.96. The third-order valence-corrected chi connectivity index (χ3v) is 0.870. The molecule has 0 amide bonds. The van der Waals surface area contributed by atoms with Crippen molar-refractivity contribution in [3.63, 3.8) is 0 Å². The quantitative estimate of drug-likeness (QED) is 0.542. The van der Waals surface area contributed by atoms with Gasteiger partial charge < -0.3 is 4.42 Å². The SMILES string of the molecule is CCc1nnc(C)o1.